The average Bonchev–Trinajstić information content (AvgIpc) is 2.44. The maximum atomic E-state index is 11.9. The van der Waals surface area contributed by atoms with Crippen LogP contribution in [0.5, 0.6) is 0 Å². The maximum absolute atomic E-state index is 11.9. The van der Waals surface area contributed by atoms with Gasteiger partial charge in [0.05, 0.1) is 12.2 Å². The predicted molar refractivity (Wildman–Crippen MR) is 80.8 cm³/mol. The zero-order valence-electron chi connectivity index (χ0n) is 12.9. The summed E-state index contributed by atoms with van der Waals surface area (Å²) < 4.78 is 5.21. The van der Waals surface area contributed by atoms with Crippen LogP contribution in [0.25, 0.3) is 0 Å². The van der Waals surface area contributed by atoms with Crippen LogP contribution in [0.4, 0.5) is 0 Å². The van der Waals surface area contributed by atoms with Gasteiger partial charge in [0.2, 0.25) is 0 Å². The number of hydrogen-bond donors (Lipinski definition) is 3. The normalized spacial score (nSPS) is 15.4. The smallest absolute Gasteiger partial charge is 0.337 e. The number of esters is 1. The van der Waals surface area contributed by atoms with Crippen molar-refractivity contribution >= 4 is 5.97 Å². The van der Waals surface area contributed by atoms with E-state index >= 15 is 0 Å². The molecule has 5 N–H and O–H groups in total. The first-order valence-corrected chi connectivity index (χ1v) is 7.46. The first kappa shape index (κ1) is 19.1. The Hall–Kier alpha value is -0.910. The Labute approximate surface area is 122 Å². The molecular formula is C15H30N2O3. The Bertz CT molecular complexity index is 303. The molecule has 0 fully saturated rings. The van der Waals surface area contributed by atoms with Gasteiger partial charge in [-0.05, 0) is 31.7 Å². The SMILES string of the molecule is C=C(C(=O)OCC(CC)CCCC)C(N)(O)CCCN. The molecule has 0 aromatic heterocycles. The molecule has 0 bridgehead atoms. The Kier molecular flexibility index (Phi) is 9.46. The van der Waals surface area contributed by atoms with Gasteiger partial charge in [-0.1, -0.05) is 39.7 Å². The third kappa shape index (κ3) is 7.03. The van der Waals surface area contributed by atoms with Crippen LogP contribution in [0.2, 0.25) is 0 Å². The highest BCUT2D eigenvalue weighted by Crippen LogP contribution is 2.18. The summed E-state index contributed by atoms with van der Waals surface area (Å²) in [6.45, 7) is 8.51. The number of nitrogens with two attached hydrogens (primary N) is 2. The Morgan fingerprint density at radius 3 is 2.55 bits per heavy atom. The minimum absolute atomic E-state index is 0.101. The van der Waals surface area contributed by atoms with Crippen LogP contribution in [0, 0.1) is 5.92 Å². The molecule has 0 aromatic carbocycles. The number of carbonyl (C=O) groups excluding carboxylic acids is 1. The maximum Gasteiger partial charge on any atom is 0.337 e. The monoisotopic (exact) mass is 286 g/mol. The fraction of sp³-hybridized carbons (Fsp3) is 0.800. The van der Waals surface area contributed by atoms with Crippen LogP contribution >= 0.6 is 0 Å². The van der Waals surface area contributed by atoms with E-state index < -0.39 is 11.7 Å². The molecule has 0 aliphatic rings. The highest BCUT2D eigenvalue weighted by molar-refractivity contribution is 5.89. The van der Waals surface area contributed by atoms with E-state index in [1.165, 1.54) is 0 Å². The van der Waals surface area contributed by atoms with Crippen molar-refractivity contribution in [2.75, 3.05) is 13.2 Å². The number of carbonyl (C=O) groups is 1. The largest absolute Gasteiger partial charge is 0.462 e. The fourth-order valence-electron chi connectivity index (χ4n) is 1.88. The van der Waals surface area contributed by atoms with Gasteiger partial charge in [-0.25, -0.2) is 4.79 Å². The number of ether oxygens (including phenoxy) is 1. The lowest BCUT2D eigenvalue weighted by Crippen LogP contribution is -2.44. The molecule has 0 radical (unpaired) electrons. The van der Waals surface area contributed by atoms with Gasteiger partial charge < -0.3 is 15.6 Å². The number of rotatable bonds is 11. The molecule has 0 saturated heterocycles. The van der Waals surface area contributed by atoms with Crippen molar-refractivity contribution in [1.82, 2.24) is 0 Å². The van der Waals surface area contributed by atoms with E-state index in [1.807, 2.05) is 0 Å². The fourth-order valence-corrected chi connectivity index (χ4v) is 1.88. The first-order chi connectivity index (χ1) is 9.38. The van der Waals surface area contributed by atoms with Gasteiger partial charge in [0, 0.05) is 0 Å². The molecule has 2 unspecified atom stereocenters. The molecule has 20 heavy (non-hydrogen) atoms. The van der Waals surface area contributed by atoms with Crippen molar-refractivity contribution in [3.8, 4) is 0 Å². The van der Waals surface area contributed by atoms with Crippen LogP contribution < -0.4 is 11.5 Å². The summed E-state index contributed by atoms with van der Waals surface area (Å²) in [6, 6.07) is 0. The summed E-state index contributed by atoms with van der Waals surface area (Å²) in [7, 11) is 0. The van der Waals surface area contributed by atoms with Crippen molar-refractivity contribution in [3.63, 3.8) is 0 Å². The third-order valence-corrected chi connectivity index (χ3v) is 3.52. The van der Waals surface area contributed by atoms with Crippen LogP contribution in [-0.2, 0) is 9.53 Å². The van der Waals surface area contributed by atoms with E-state index in [1.54, 1.807) is 0 Å². The number of aliphatic hydroxyl groups is 1. The van der Waals surface area contributed by atoms with E-state index in [-0.39, 0.29) is 12.0 Å². The van der Waals surface area contributed by atoms with Crippen molar-refractivity contribution in [2.24, 2.45) is 17.4 Å². The lowest BCUT2D eigenvalue weighted by Gasteiger charge is -2.24. The van der Waals surface area contributed by atoms with Gasteiger partial charge in [-0.2, -0.15) is 0 Å². The van der Waals surface area contributed by atoms with Crippen molar-refractivity contribution in [2.45, 2.75) is 58.1 Å². The highest BCUT2D eigenvalue weighted by Gasteiger charge is 2.30. The van der Waals surface area contributed by atoms with Gasteiger partial charge in [0.25, 0.3) is 0 Å². The predicted octanol–water partition coefficient (Wildman–Crippen LogP) is 1.69. The second-order valence-electron chi connectivity index (χ2n) is 5.31. The molecule has 0 aliphatic carbocycles. The van der Waals surface area contributed by atoms with E-state index in [2.05, 4.69) is 20.4 Å². The van der Waals surface area contributed by atoms with Crippen molar-refractivity contribution < 1.29 is 14.6 Å². The minimum atomic E-state index is -1.73. The molecule has 0 aromatic rings. The number of unbranched alkanes of at least 4 members (excludes halogenated alkanes) is 1. The van der Waals surface area contributed by atoms with Gasteiger partial charge in [-0.15, -0.1) is 0 Å². The van der Waals surface area contributed by atoms with Gasteiger partial charge in [0.1, 0.15) is 5.72 Å². The van der Waals surface area contributed by atoms with Gasteiger partial charge >= 0.3 is 5.97 Å². The van der Waals surface area contributed by atoms with Crippen LogP contribution in [0.3, 0.4) is 0 Å². The highest BCUT2D eigenvalue weighted by atomic mass is 16.5. The Morgan fingerprint density at radius 2 is 2.05 bits per heavy atom. The molecule has 0 amide bonds. The van der Waals surface area contributed by atoms with Crippen LogP contribution in [0.1, 0.15) is 52.4 Å². The topological polar surface area (TPSA) is 98.6 Å². The molecule has 0 aliphatic heterocycles. The van der Waals surface area contributed by atoms with E-state index in [0.717, 1.165) is 25.7 Å². The van der Waals surface area contributed by atoms with Gasteiger partial charge in [-0.3, -0.25) is 5.73 Å². The molecule has 0 spiro atoms. The zero-order chi connectivity index (χ0) is 15.6. The Balaban J connectivity index is 4.27. The first-order valence-electron chi connectivity index (χ1n) is 7.46. The summed E-state index contributed by atoms with van der Waals surface area (Å²) in [5, 5.41) is 9.97. The van der Waals surface area contributed by atoms with Crippen LogP contribution in [-0.4, -0.2) is 30.0 Å². The molecular weight excluding hydrogens is 256 g/mol. The molecule has 5 nitrogen and oxygen atoms in total. The average molecular weight is 286 g/mol. The standard InChI is InChI=1S/C15H30N2O3/c1-4-6-8-13(5-2)11-20-14(18)12(3)15(17,19)9-7-10-16/h13,19H,3-11,16-17H2,1-2H3. The van der Waals surface area contributed by atoms with Gasteiger partial charge in [0.15, 0.2) is 0 Å². The summed E-state index contributed by atoms with van der Waals surface area (Å²) in [4.78, 5) is 11.9. The summed E-state index contributed by atoms with van der Waals surface area (Å²) >= 11 is 0. The minimum Gasteiger partial charge on any atom is -0.462 e. The van der Waals surface area contributed by atoms with Crippen molar-refractivity contribution in [1.29, 1.82) is 0 Å². The zero-order valence-corrected chi connectivity index (χ0v) is 12.9. The summed E-state index contributed by atoms with van der Waals surface area (Å²) in [5.41, 5.74) is 9.19. The van der Waals surface area contributed by atoms with E-state index in [0.29, 0.717) is 25.5 Å². The Morgan fingerprint density at radius 1 is 1.40 bits per heavy atom. The molecule has 0 rings (SSSR count). The van der Waals surface area contributed by atoms with Crippen LogP contribution in [0.15, 0.2) is 12.2 Å². The second kappa shape index (κ2) is 9.91. The third-order valence-electron chi connectivity index (χ3n) is 3.52. The second-order valence-corrected chi connectivity index (χ2v) is 5.31. The number of hydrogen-bond acceptors (Lipinski definition) is 5. The van der Waals surface area contributed by atoms with E-state index in [4.69, 9.17) is 16.2 Å². The molecule has 0 heterocycles. The molecule has 2 atom stereocenters. The molecule has 118 valence electrons. The van der Waals surface area contributed by atoms with Crippen molar-refractivity contribution in [3.05, 3.63) is 12.2 Å². The molecule has 5 heteroatoms. The summed E-state index contributed by atoms with van der Waals surface area (Å²) in [6.07, 6.45) is 4.96. The lowest BCUT2D eigenvalue weighted by atomic mass is 9.99. The molecule has 0 saturated carbocycles. The quantitative estimate of drug-likeness (QED) is 0.305. The summed E-state index contributed by atoms with van der Waals surface area (Å²) in [5.74, 6) is -0.274. The van der Waals surface area contributed by atoms with E-state index in [9.17, 15) is 9.90 Å². The lowest BCUT2D eigenvalue weighted by molar-refractivity contribution is -0.143.